The summed E-state index contributed by atoms with van der Waals surface area (Å²) in [5.41, 5.74) is 0.381. The van der Waals surface area contributed by atoms with E-state index in [1.54, 1.807) is 20.8 Å². The Morgan fingerprint density at radius 1 is 1.19 bits per heavy atom. The molecule has 10 nitrogen and oxygen atoms in total. The first-order valence-electron chi connectivity index (χ1n) is 8.29. The van der Waals surface area contributed by atoms with Crippen molar-refractivity contribution in [1.29, 1.82) is 0 Å². The lowest BCUT2D eigenvalue weighted by atomic mass is 10.1. The summed E-state index contributed by atoms with van der Waals surface area (Å²) in [6, 6.07) is 7.77. The molecule has 0 aliphatic carbocycles. The van der Waals surface area contributed by atoms with Gasteiger partial charge in [0.25, 0.3) is 5.91 Å². The van der Waals surface area contributed by atoms with Crippen molar-refractivity contribution in [2.75, 3.05) is 6.61 Å². The van der Waals surface area contributed by atoms with Crippen LogP contribution in [-0.4, -0.2) is 50.3 Å². The molecule has 144 valence electrons. The Kier molecular flexibility index (Phi) is 6.58. The third kappa shape index (κ3) is 6.84. The Hall–Kier alpha value is -3.30. The Labute approximate surface area is 156 Å². The van der Waals surface area contributed by atoms with Crippen molar-refractivity contribution in [3.63, 3.8) is 0 Å². The van der Waals surface area contributed by atoms with Gasteiger partial charge in [0.05, 0.1) is 0 Å². The smallest absolute Gasteiger partial charge is 0.331 e. The summed E-state index contributed by atoms with van der Waals surface area (Å²) < 4.78 is 6.31. The van der Waals surface area contributed by atoms with E-state index >= 15 is 0 Å². The van der Waals surface area contributed by atoms with E-state index in [4.69, 9.17) is 4.74 Å². The molecule has 0 fully saturated rings. The van der Waals surface area contributed by atoms with E-state index in [9.17, 15) is 14.4 Å². The number of tetrazole rings is 1. The molecule has 1 aromatic heterocycles. The standard InChI is InChI=1S/C17H22N6O4/c1-17(2,3)20-16(26)19-14(24)10-27-15(25)13(23-11-18-21-22-23)9-12-7-5-4-6-8-12/h4-8,11,13H,9-10H2,1-3H3,(H2,19,20,24,26)/t13-/m1/s1. The van der Waals surface area contributed by atoms with Gasteiger partial charge in [0, 0.05) is 12.0 Å². The predicted molar refractivity (Wildman–Crippen MR) is 94.4 cm³/mol. The number of rotatable bonds is 6. The number of hydrogen-bond acceptors (Lipinski definition) is 7. The number of benzene rings is 1. The minimum absolute atomic E-state index is 0.289. The van der Waals surface area contributed by atoms with E-state index in [2.05, 4.69) is 26.2 Å². The average molecular weight is 374 g/mol. The molecule has 2 aromatic rings. The Morgan fingerprint density at radius 2 is 1.89 bits per heavy atom. The molecule has 1 atom stereocenters. The Morgan fingerprint density at radius 3 is 2.48 bits per heavy atom. The van der Waals surface area contributed by atoms with Crippen molar-refractivity contribution >= 4 is 17.9 Å². The molecule has 1 heterocycles. The van der Waals surface area contributed by atoms with Crippen molar-refractivity contribution in [2.24, 2.45) is 0 Å². The molecule has 3 amide bonds. The maximum Gasteiger partial charge on any atom is 0.331 e. The van der Waals surface area contributed by atoms with Crippen molar-refractivity contribution in [3.05, 3.63) is 42.2 Å². The third-order valence-corrected chi connectivity index (χ3v) is 3.32. The minimum Gasteiger partial charge on any atom is -0.454 e. The second kappa shape index (κ2) is 8.88. The van der Waals surface area contributed by atoms with Gasteiger partial charge in [-0.05, 0) is 36.8 Å². The number of nitrogens with one attached hydrogen (secondary N) is 2. The number of carbonyl (C=O) groups is 3. The van der Waals surface area contributed by atoms with Crippen molar-refractivity contribution < 1.29 is 19.1 Å². The van der Waals surface area contributed by atoms with Crippen molar-refractivity contribution in [1.82, 2.24) is 30.8 Å². The number of hydrogen-bond donors (Lipinski definition) is 2. The van der Waals surface area contributed by atoms with Gasteiger partial charge < -0.3 is 10.1 Å². The summed E-state index contributed by atoms with van der Waals surface area (Å²) in [5.74, 6) is -1.42. The number of imide groups is 1. The highest BCUT2D eigenvalue weighted by molar-refractivity contribution is 5.95. The molecule has 0 aliphatic rings. The van der Waals surface area contributed by atoms with Crippen LogP contribution in [0, 0.1) is 0 Å². The molecule has 2 rings (SSSR count). The van der Waals surface area contributed by atoms with Crippen molar-refractivity contribution in [2.45, 2.75) is 38.8 Å². The summed E-state index contributed by atoms with van der Waals surface area (Å²) in [7, 11) is 0. The molecule has 1 aromatic carbocycles. The molecular formula is C17H22N6O4. The number of carbonyl (C=O) groups excluding carboxylic acids is 3. The van der Waals surface area contributed by atoms with Crippen LogP contribution in [0.2, 0.25) is 0 Å². The second-order valence-electron chi connectivity index (χ2n) is 6.86. The lowest BCUT2D eigenvalue weighted by molar-refractivity contribution is -0.152. The van der Waals surface area contributed by atoms with Gasteiger partial charge in [0.1, 0.15) is 6.33 Å². The van der Waals surface area contributed by atoms with Crippen LogP contribution in [0.15, 0.2) is 36.7 Å². The monoisotopic (exact) mass is 374 g/mol. The molecule has 0 unspecified atom stereocenters. The third-order valence-electron chi connectivity index (χ3n) is 3.32. The molecular weight excluding hydrogens is 352 g/mol. The van der Waals surface area contributed by atoms with E-state index < -0.39 is 36.1 Å². The van der Waals surface area contributed by atoms with Crippen LogP contribution < -0.4 is 10.6 Å². The zero-order chi connectivity index (χ0) is 19.9. The van der Waals surface area contributed by atoms with Crippen LogP contribution in [-0.2, 0) is 20.7 Å². The summed E-state index contributed by atoms with van der Waals surface area (Å²) in [4.78, 5) is 35.9. The lowest BCUT2D eigenvalue weighted by Gasteiger charge is -2.20. The highest BCUT2D eigenvalue weighted by atomic mass is 16.5. The fourth-order valence-corrected chi connectivity index (χ4v) is 2.20. The van der Waals surface area contributed by atoms with E-state index in [1.165, 1.54) is 11.0 Å². The topological polar surface area (TPSA) is 128 Å². The number of esters is 1. The van der Waals surface area contributed by atoms with Crippen LogP contribution >= 0.6 is 0 Å². The largest absolute Gasteiger partial charge is 0.454 e. The summed E-state index contributed by atoms with van der Waals surface area (Å²) in [6.45, 7) is 4.73. The average Bonchev–Trinajstić information content (AvgIpc) is 3.11. The molecule has 0 spiro atoms. The molecule has 2 N–H and O–H groups in total. The highest BCUT2D eigenvalue weighted by Crippen LogP contribution is 2.14. The molecule has 0 aliphatic heterocycles. The second-order valence-corrected chi connectivity index (χ2v) is 6.86. The first-order valence-corrected chi connectivity index (χ1v) is 8.29. The maximum absolute atomic E-state index is 12.4. The van der Waals surface area contributed by atoms with E-state index in [0.29, 0.717) is 0 Å². The minimum atomic E-state index is -0.835. The first-order chi connectivity index (χ1) is 12.7. The van der Waals surface area contributed by atoms with Crippen LogP contribution in [0.5, 0.6) is 0 Å². The van der Waals surface area contributed by atoms with Crippen LogP contribution in [0.25, 0.3) is 0 Å². The molecule has 0 radical (unpaired) electrons. The molecule has 10 heteroatoms. The fourth-order valence-electron chi connectivity index (χ4n) is 2.20. The molecule has 0 saturated carbocycles. The number of urea groups is 1. The normalized spacial score (nSPS) is 12.1. The number of ether oxygens (including phenoxy) is 1. The van der Waals surface area contributed by atoms with Gasteiger partial charge in [-0.25, -0.2) is 14.3 Å². The Balaban J connectivity index is 1.94. The number of aromatic nitrogens is 4. The quantitative estimate of drug-likeness (QED) is 0.710. The Bertz CT molecular complexity index is 770. The maximum atomic E-state index is 12.4. The van der Waals surface area contributed by atoms with Gasteiger partial charge >= 0.3 is 12.0 Å². The first kappa shape index (κ1) is 20.0. The van der Waals surface area contributed by atoms with E-state index in [0.717, 1.165) is 5.56 Å². The van der Waals surface area contributed by atoms with Gasteiger partial charge in [-0.2, -0.15) is 0 Å². The SMILES string of the molecule is CC(C)(C)NC(=O)NC(=O)COC(=O)[C@@H](Cc1ccccc1)n1cnnn1. The van der Waals surface area contributed by atoms with Crippen LogP contribution in [0.4, 0.5) is 4.79 Å². The zero-order valence-corrected chi connectivity index (χ0v) is 15.4. The summed E-state index contributed by atoms with van der Waals surface area (Å²) in [5, 5.41) is 15.5. The zero-order valence-electron chi connectivity index (χ0n) is 15.4. The van der Waals surface area contributed by atoms with Crippen LogP contribution in [0.1, 0.15) is 32.4 Å². The van der Waals surface area contributed by atoms with Gasteiger partial charge in [0.15, 0.2) is 12.6 Å². The van der Waals surface area contributed by atoms with Gasteiger partial charge in [-0.3, -0.25) is 10.1 Å². The van der Waals surface area contributed by atoms with E-state index in [1.807, 2.05) is 30.3 Å². The van der Waals surface area contributed by atoms with E-state index in [-0.39, 0.29) is 6.42 Å². The number of nitrogens with zero attached hydrogens (tertiary/aromatic N) is 4. The fraction of sp³-hybridized carbons (Fsp3) is 0.412. The predicted octanol–water partition coefficient (Wildman–Crippen LogP) is 0.624. The van der Waals surface area contributed by atoms with Gasteiger partial charge in [0.2, 0.25) is 0 Å². The van der Waals surface area contributed by atoms with Crippen LogP contribution in [0.3, 0.4) is 0 Å². The highest BCUT2D eigenvalue weighted by Gasteiger charge is 2.25. The number of amides is 3. The summed E-state index contributed by atoms with van der Waals surface area (Å²) in [6.07, 6.45) is 1.59. The molecule has 0 bridgehead atoms. The van der Waals surface area contributed by atoms with Gasteiger partial charge in [-0.15, -0.1) is 5.10 Å². The lowest BCUT2D eigenvalue weighted by Crippen LogP contribution is -2.49. The van der Waals surface area contributed by atoms with Crippen molar-refractivity contribution in [3.8, 4) is 0 Å². The molecule has 0 saturated heterocycles. The summed E-state index contributed by atoms with van der Waals surface area (Å²) >= 11 is 0. The van der Waals surface area contributed by atoms with Gasteiger partial charge in [-0.1, -0.05) is 30.3 Å². The molecule has 27 heavy (non-hydrogen) atoms.